The summed E-state index contributed by atoms with van der Waals surface area (Å²) in [4.78, 5) is 24.6. The third kappa shape index (κ3) is 4.98. The average Bonchev–Trinajstić information content (AvgIpc) is 2.94. The summed E-state index contributed by atoms with van der Waals surface area (Å²) in [6.07, 6.45) is 0. The number of hydrogen-bond acceptors (Lipinski definition) is 4. The molecule has 0 atom stereocenters. The van der Waals surface area contributed by atoms with Crippen molar-refractivity contribution in [3.8, 4) is 0 Å². The number of esters is 1. The van der Waals surface area contributed by atoms with Crippen LogP contribution in [-0.4, -0.2) is 28.3 Å². The van der Waals surface area contributed by atoms with Crippen LogP contribution in [-0.2, 0) is 16.1 Å². The molecule has 1 aromatic heterocycles. The topological polar surface area (TPSA) is 73.2 Å². The highest BCUT2D eigenvalue weighted by Crippen LogP contribution is 2.16. The van der Waals surface area contributed by atoms with E-state index in [0.29, 0.717) is 29.2 Å². The lowest BCUT2D eigenvalue weighted by Crippen LogP contribution is -2.21. The van der Waals surface area contributed by atoms with E-state index in [1.54, 1.807) is 17.7 Å². The van der Waals surface area contributed by atoms with Crippen LogP contribution in [0.3, 0.4) is 0 Å². The quantitative estimate of drug-likeness (QED) is 0.421. The summed E-state index contributed by atoms with van der Waals surface area (Å²) in [7, 11) is 0. The molecule has 144 valence electrons. The van der Waals surface area contributed by atoms with E-state index in [-0.39, 0.29) is 12.5 Å². The Labute approximate surface area is 177 Å². The fourth-order valence-electron chi connectivity index (χ4n) is 2.87. The molecule has 0 unspecified atom stereocenters. The average molecular weight is 489 g/mol. The van der Waals surface area contributed by atoms with Crippen LogP contribution >= 0.6 is 22.6 Å². The Kier molecular flexibility index (Phi) is 6.45. The second-order valence-corrected chi connectivity index (χ2v) is 7.57. The lowest BCUT2D eigenvalue weighted by atomic mass is 10.2. The van der Waals surface area contributed by atoms with Crippen LogP contribution < -0.4 is 5.32 Å². The number of nitrogens with one attached hydrogen (secondary N) is 1. The zero-order valence-corrected chi connectivity index (χ0v) is 17.8. The molecule has 0 saturated heterocycles. The van der Waals surface area contributed by atoms with E-state index in [9.17, 15) is 9.59 Å². The Balaban J connectivity index is 1.63. The number of hydrogen-bond donors (Lipinski definition) is 1. The summed E-state index contributed by atoms with van der Waals surface area (Å²) in [6, 6.07) is 17.3. The van der Waals surface area contributed by atoms with Gasteiger partial charge >= 0.3 is 5.97 Å². The van der Waals surface area contributed by atoms with Crippen LogP contribution in [0.5, 0.6) is 0 Å². The maximum absolute atomic E-state index is 12.5. The molecule has 0 bridgehead atoms. The van der Waals surface area contributed by atoms with E-state index in [1.807, 2.05) is 55.5 Å². The molecule has 0 aliphatic carbocycles. The maximum atomic E-state index is 12.5. The van der Waals surface area contributed by atoms with Gasteiger partial charge in [-0.25, -0.2) is 4.79 Å². The van der Waals surface area contributed by atoms with Gasteiger partial charge in [0.25, 0.3) is 5.91 Å². The Morgan fingerprint density at radius 3 is 2.57 bits per heavy atom. The molecule has 0 fully saturated rings. The van der Waals surface area contributed by atoms with Gasteiger partial charge in [-0.05, 0) is 60.2 Å². The molecule has 7 heteroatoms. The largest absolute Gasteiger partial charge is 0.452 e. The summed E-state index contributed by atoms with van der Waals surface area (Å²) >= 11 is 2.16. The van der Waals surface area contributed by atoms with Crippen LogP contribution in [0.1, 0.15) is 27.3 Å². The van der Waals surface area contributed by atoms with Crippen molar-refractivity contribution in [3.63, 3.8) is 0 Å². The lowest BCUT2D eigenvalue weighted by molar-refractivity contribution is -0.119. The Morgan fingerprint density at radius 2 is 1.86 bits per heavy atom. The van der Waals surface area contributed by atoms with Crippen molar-refractivity contribution in [3.05, 3.63) is 80.7 Å². The minimum atomic E-state index is -0.549. The molecule has 0 spiro atoms. The van der Waals surface area contributed by atoms with Crippen LogP contribution in [0.2, 0.25) is 0 Å². The monoisotopic (exact) mass is 489 g/mol. The van der Waals surface area contributed by atoms with Gasteiger partial charge in [0.15, 0.2) is 6.61 Å². The molecule has 1 heterocycles. The second kappa shape index (κ2) is 9.01. The van der Waals surface area contributed by atoms with Gasteiger partial charge in [-0.3, -0.25) is 9.48 Å². The van der Waals surface area contributed by atoms with E-state index in [1.165, 1.54) is 0 Å². The molecule has 28 heavy (non-hydrogen) atoms. The van der Waals surface area contributed by atoms with Gasteiger partial charge in [-0.1, -0.05) is 36.4 Å². The number of aryl methyl sites for hydroxylation is 1. The van der Waals surface area contributed by atoms with Crippen LogP contribution in [0, 0.1) is 17.4 Å². The molecule has 0 aliphatic heterocycles. The highest BCUT2D eigenvalue weighted by Gasteiger charge is 2.21. The first-order valence-electron chi connectivity index (χ1n) is 8.74. The third-order valence-corrected chi connectivity index (χ3v) is 4.87. The predicted molar refractivity (Wildman–Crippen MR) is 115 cm³/mol. The molecular weight excluding hydrogens is 469 g/mol. The van der Waals surface area contributed by atoms with Gasteiger partial charge in [0.05, 0.1) is 17.9 Å². The van der Waals surface area contributed by atoms with Gasteiger partial charge in [0.1, 0.15) is 5.56 Å². The zero-order valence-electron chi connectivity index (χ0n) is 15.6. The first kappa shape index (κ1) is 20.1. The summed E-state index contributed by atoms with van der Waals surface area (Å²) in [6.45, 7) is 3.80. The molecular formula is C21H20IN3O3. The van der Waals surface area contributed by atoms with Gasteiger partial charge in [0.2, 0.25) is 0 Å². The molecule has 3 rings (SSSR count). The number of benzene rings is 2. The summed E-state index contributed by atoms with van der Waals surface area (Å²) < 4.78 is 7.99. The lowest BCUT2D eigenvalue weighted by Gasteiger charge is -2.08. The normalized spacial score (nSPS) is 10.5. The van der Waals surface area contributed by atoms with Crippen molar-refractivity contribution in [1.82, 2.24) is 9.78 Å². The number of amides is 1. The fraction of sp³-hybridized carbons (Fsp3) is 0.190. The number of rotatable bonds is 6. The van der Waals surface area contributed by atoms with E-state index in [0.717, 1.165) is 9.13 Å². The van der Waals surface area contributed by atoms with Crippen molar-refractivity contribution in [2.75, 3.05) is 11.9 Å². The Hall–Kier alpha value is -2.68. The number of anilines is 1. The van der Waals surface area contributed by atoms with Gasteiger partial charge in [-0.2, -0.15) is 5.10 Å². The molecule has 3 aromatic rings. The van der Waals surface area contributed by atoms with E-state index in [4.69, 9.17) is 4.74 Å². The Morgan fingerprint density at radius 1 is 1.11 bits per heavy atom. The highest BCUT2D eigenvalue weighted by atomic mass is 127. The first-order valence-corrected chi connectivity index (χ1v) is 9.82. The van der Waals surface area contributed by atoms with Crippen molar-refractivity contribution >= 4 is 40.2 Å². The Bertz CT molecular complexity index is 999. The van der Waals surface area contributed by atoms with Crippen LogP contribution in [0.25, 0.3) is 0 Å². The maximum Gasteiger partial charge on any atom is 0.342 e. The second-order valence-electron chi connectivity index (χ2n) is 6.32. The number of nitrogens with zero attached hydrogens (tertiary/aromatic N) is 2. The number of aromatic nitrogens is 2. The number of carbonyl (C=O) groups excluding carboxylic acids is 2. The zero-order chi connectivity index (χ0) is 20.1. The van der Waals surface area contributed by atoms with Gasteiger partial charge < -0.3 is 10.1 Å². The number of halogens is 1. The van der Waals surface area contributed by atoms with Crippen LogP contribution in [0.15, 0.2) is 54.6 Å². The molecule has 1 N–H and O–H groups in total. The van der Waals surface area contributed by atoms with Gasteiger partial charge in [-0.15, -0.1) is 0 Å². The first-order chi connectivity index (χ1) is 13.4. The fourth-order valence-corrected chi connectivity index (χ4v) is 3.41. The molecule has 0 aliphatic rings. The smallest absolute Gasteiger partial charge is 0.342 e. The molecule has 2 aromatic carbocycles. The van der Waals surface area contributed by atoms with E-state index < -0.39 is 5.97 Å². The minimum absolute atomic E-state index is 0.354. The minimum Gasteiger partial charge on any atom is -0.452 e. The molecule has 6 nitrogen and oxygen atoms in total. The van der Waals surface area contributed by atoms with Crippen molar-refractivity contribution < 1.29 is 14.3 Å². The standard InChI is InChI=1S/C21H20IN3O3/c1-14-20(15(2)25(24-14)12-16-7-4-3-5-8-16)21(27)28-13-19(26)23-18-10-6-9-17(22)11-18/h3-11H,12-13H2,1-2H3,(H,23,26). The molecule has 1 amide bonds. The number of ether oxygens (including phenoxy) is 1. The highest BCUT2D eigenvalue weighted by molar-refractivity contribution is 14.1. The summed E-state index contributed by atoms with van der Waals surface area (Å²) in [5.41, 5.74) is 3.44. The summed E-state index contributed by atoms with van der Waals surface area (Å²) in [5.74, 6) is -0.936. The van der Waals surface area contributed by atoms with E-state index >= 15 is 0 Å². The third-order valence-electron chi connectivity index (χ3n) is 4.20. The van der Waals surface area contributed by atoms with Crippen LogP contribution in [0.4, 0.5) is 5.69 Å². The van der Waals surface area contributed by atoms with Crippen molar-refractivity contribution in [1.29, 1.82) is 0 Å². The predicted octanol–water partition coefficient (Wildman–Crippen LogP) is 3.95. The summed E-state index contributed by atoms with van der Waals surface area (Å²) in [5, 5.41) is 7.16. The van der Waals surface area contributed by atoms with E-state index in [2.05, 4.69) is 33.0 Å². The van der Waals surface area contributed by atoms with Crippen molar-refractivity contribution in [2.24, 2.45) is 0 Å². The van der Waals surface area contributed by atoms with Crippen molar-refractivity contribution in [2.45, 2.75) is 20.4 Å². The molecule has 0 radical (unpaired) electrons. The number of carbonyl (C=O) groups is 2. The SMILES string of the molecule is Cc1nn(Cc2ccccc2)c(C)c1C(=O)OCC(=O)Nc1cccc(I)c1. The van der Waals surface area contributed by atoms with Gasteiger partial charge in [0, 0.05) is 9.26 Å². The molecule has 0 saturated carbocycles.